The Bertz CT molecular complexity index is 11.1. The SMILES string of the molecule is [CH-]=CC.[CH3-].[W+2]. The first kappa shape index (κ1) is 18.1. The van der Waals surface area contributed by atoms with Gasteiger partial charge in [-0.2, -0.15) is 0 Å². The maximum atomic E-state index is 4.72. The second-order valence-corrected chi connectivity index (χ2v) is 0.333. The monoisotopic (exact) mass is 240 g/mol. The standard InChI is InChI=1S/C3H5.CH3.W/c1-3-2;;/h1,3H,2H3;1H3;/q2*-1;+2. The fourth-order valence-electron chi connectivity index (χ4n) is 0. The van der Waals surface area contributed by atoms with Gasteiger partial charge in [-0.05, 0) is 0 Å². The van der Waals surface area contributed by atoms with Crippen LogP contribution < -0.4 is 0 Å². The average molecular weight is 240 g/mol. The number of hydrogen-bond acceptors (Lipinski definition) is 0. The third-order valence-electron chi connectivity index (χ3n) is 0. The topological polar surface area (TPSA) is 0 Å². The van der Waals surface area contributed by atoms with E-state index in [4.69, 9.17) is 6.58 Å². The molecule has 0 atom stereocenters. The van der Waals surface area contributed by atoms with Crippen molar-refractivity contribution in [3.05, 3.63) is 20.1 Å². The van der Waals surface area contributed by atoms with Gasteiger partial charge in [0.25, 0.3) is 0 Å². The third-order valence-corrected chi connectivity index (χ3v) is 0. The zero-order chi connectivity index (χ0) is 2.71. The number of allylic oxidation sites excluding steroid dienone is 1. The van der Waals surface area contributed by atoms with E-state index in [-0.39, 0.29) is 28.5 Å². The third kappa shape index (κ3) is 142. The molecule has 0 aromatic carbocycles. The van der Waals surface area contributed by atoms with E-state index in [1.54, 1.807) is 6.92 Å². The summed E-state index contributed by atoms with van der Waals surface area (Å²) in [6.07, 6.45) is 1.50. The molecular weight excluding hydrogens is 232 g/mol. The van der Waals surface area contributed by atoms with E-state index in [2.05, 4.69) is 0 Å². The van der Waals surface area contributed by atoms with Crippen molar-refractivity contribution in [1.29, 1.82) is 0 Å². The molecule has 0 aromatic heterocycles. The average Bonchev–Trinajstić information content (AvgIpc) is 0.918. The van der Waals surface area contributed by atoms with Crippen molar-refractivity contribution in [2.24, 2.45) is 0 Å². The van der Waals surface area contributed by atoms with Crippen LogP contribution in [-0.4, -0.2) is 0 Å². The van der Waals surface area contributed by atoms with Crippen LogP contribution in [0.15, 0.2) is 6.08 Å². The molecule has 0 rings (SSSR count). The molecule has 0 heterocycles. The van der Waals surface area contributed by atoms with Crippen molar-refractivity contribution in [1.82, 2.24) is 0 Å². The molecule has 0 fully saturated rings. The summed E-state index contributed by atoms with van der Waals surface area (Å²) in [4.78, 5) is 0. The first-order valence-corrected chi connectivity index (χ1v) is 0.911. The van der Waals surface area contributed by atoms with Gasteiger partial charge in [-0.25, -0.2) is 0 Å². The van der Waals surface area contributed by atoms with E-state index in [0.717, 1.165) is 0 Å². The van der Waals surface area contributed by atoms with E-state index in [0.29, 0.717) is 0 Å². The molecule has 0 aliphatic heterocycles. The Morgan fingerprint density at radius 1 is 1.60 bits per heavy atom. The van der Waals surface area contributed by atoms with Crippen LogP contribution in [0.1, 0.15) is 6.92 Å². The smallest absolute Gasteiger partial charge is 0.518 e. The maximum Gasteiger partial charge on any atom is 2.00 e. The molecule has 0 spiro atoms. The van der Waals surface area contributed by atoms with Gasteiger partial charge in [-0.1, -0.05) is 6.92 Å². The molecule has 0 nitrogen and oxygen atoms in total. The number of hydrogen-bond donors (Lipinski definition) is 0. The van der Waals surface area contributed by atoms with Crippen LogP contribution >= 0.6 is 0 Å². The van der Waals surface area contributed by atoms with E-state index < -0.39 is 0 Å². The van der Waals surface area contributed by atoms with Crippen LogP contribution in [0.25, 0.3) is 0 Å². The summed E-state index contributed by atoms with van der Waals surface area (Å²) in [7, 11) is 0. The van der Waals surface area contributed by atoms with Crippen molar-refractivity contribution in [3.63, 3.8) is 0 Å². The van der Waals surface area contributed by atoms with Gasteiger partial charge >= 0.3 is 21.1 Å². The van der Waals surface area contributed by atoms with Crippen molar-refractivity contribution < 1.29 is 21.1 Å². The summed E-state index contributed by atoms with van der Waals surface area (Å²) >= 11 is 0. The van der Waals surface area contributed by atoms with Gasteiger partial charge in [0.1, 0.15) is 0 Å². The fourth-order valence-corrected chi connectivity index (χ4v) is 0. The molecule has 0 unspecified atom stereocenters. The molecule has 30 valence electrons. The van der Waals surface area contributed by atoms with Gasteiger partial charge in [0.05, 0.1) is 0 Å². The van der Waals surface area contributed by atoms with Gasteiger partial charge in [0.15, 0.2) is 0 Å². The molecule has 0 saturated carbocycles. The Morgan fingerprint density at radius 3 is 1.60 bits per heavy atom. The minimum atomic E-state index is 0. The largest absolute Gasteiger partial charge is 2.00 e. The predicted molar refractivity (Wildman–Crippen MR) is 21.0 cm³/mol. The summed E-state index contributed by atoms with van der Waals surface area (Å²) in [6.45, 7) is 6.50. The quantitative estimate of drug-likeness (QED) is 0.562. The van der Waals surface area contributed by atoms with E-state index in [1.807, 2.05) is 0 Å². The van der Waals surface area contributed by atoms with Crippen molar-refractivity contribution in [3.8, 4) is 0 Å². The molecular formula is C4H8W. The maximum absolute atomic E-state index is 4.72. The second kappa shape index (κ2) is 25.5. The molecule has 0 saturated heterocycles. The minimum absolute atomic E-state index is 0. The van der Waals surface area contributed by atoms with Gasteiger partial charge in [-0.15, -0.1) is 0 Å². The zero-order valence-corrected chi connectivity index (χ0v) is 6.50. The Labute approximate surface area is 48.5 Å². The first-order chi connectivity index (χ1) is 1.41. The zero-order valence-electron chi connectivity index (χ0n) is 3.56. The van der Waals surface area contributed by atoms with Gasteiger partial charge in [-0.3, -0.25) is 6.08 Å². The first-order valence-electron chi connectivity index (χ1n) is 0.911. The molecule has 0 aliphatic carbocycles. The van der Waals surface area contributed by atoms with Crippen LogP contribution in [0.2, 0.25) is 0 Å². The molecule has 1 heteroatoms. The molecule has 0 N–H and O–H groups in total. The summed E-state index contributed by atoms with van der Waals surface area (Å²) < 4.78 is 0. The van der Waals surface area contributed by atoms with Gasteiger partial charge < -0.3 is 14.0 Å². The fraction of sp³-hybridized carbons (Fsp3) is 0.250. The van der Waals surface area contributed by atoms with E-state index in [1.165, 1.54) is 6.08 Å². The molecule has 0 aromatic rings. The Morgan fingerprint density at radius 2 is 1.60 bits per heavy atom. The van der Waals surface area contributed by atoms with E-state index in [9.17, 15) is 0 Å². The number of rotatable bonds is 0. The Hall–Kier alpha value is 0.428. The van der Waals surface area contributed by atoms with Gasteiger partial charge in [0, 0.05) is 0 Å². The van der Waals surface area contributed by atoms with Crippen LogP contribution in [0.3, 0.4) is 0 Å². The summed E-state index contributed by atoms with van der Waals surface area (Å²) in [5, 5.41) is 0. The molecule has 0 bridgehead atoms. The van der Waals surface area contributed by atoms with Crippen molar-refractivity contribution in [2.45, 2.75) is 6.92 Å². The molecule has 0 amide bonds. The Kier molecular flexibility index (Phi) is 92.1. The molecule has 0 radical (unpaired) electrons. The van der Waals surface area contributed by atoms with Crippen LogP contribution in [-0.2, 0) is 21.1 Å². The van der Waals surface area contributed by atoms with E-state index >= 15 is 0 Å². The normalized spacial score (nSPS) is 2.60. The van der Waals surface area contributed by atoms with Crippen LogP contribution in [0, 0.1) is 14.0 Å². The van der Waals surface area contributed by atoms with Crippen molar-refractivity contribution >= 4 is 0 Å². The molecule has 5 heavy (non-hydrogen) atoms. The van der Waals surface area contributed by atoms with Crippen LogP contribution in [0.5, 0.6) is 0 Å². The van der Waals surface area contributed by atoms with Crippen molar-refractivity contribution in [2.75, 3.05) is 0 Å². The predicted octanol–water partition coefficient (Wildman–Crippen LogP) is 1.44. The summed E-state index contributed by atoms with van der Waals surface area (Å²) in [5.41, 5.74) is 0. The summed E-state index contributed by atoms with van der Waals surface area (Å²) in [5.74, 6) is 0. The Balaban J connectivity index is -0.0000000200. The second-order valence-electron chi connectivity index (χ2n) is 0.333. The van der Waals surface area contributed by atoms with Crippen LogP contribution in [0.4, 0.5) is 0 Å². The molecule has 0 aliphatic rings. The minimum Gasteiger partial charge on any atom is -0.518 e. The van der Waals surface area contributed by atoms with Gasteiger partial charge in [0.2, 0.25) is 0 Å². The summed E-state index contributed by atoms with van der Waals surface area (Å²) in [6, 6.07) is 0.